The molecule has 5 N–H and O–H groups in total. The van der Waals surface area contributed by atoms with Gasteiger partial charge in [0.15, 0.2) is 5.65 Å². The first-order valence-electron chi connectivity index (χ1n) is 10.8. The molecule has 4 rings (SSSR count). The summed E-state index contributed by atoms with van der Waals surface area (Å²) in [4.78, 5) is 10.3. The third kappa shape index (κ3) is 5.14. The lowest BCUT2D eigenvalue weighted by molar-refractivity contribution is 0.0610. The molecule has 0 aliphatic heterocycles. The van der Waals surface area contributed by atoms with Gasteiger partial charge in [-0.15, -0.1) is 11.3 Å². The second-order valence-corrected chi connectivity index (χ2v) is 9.02. The Morgan fingerprint density at radius 3 is 2.48 bits per heavy atom. The van der Waals surface area contributed by atoms with E-state index in [4.69, 9.17) is 0 Å². The van der Waals surface area contributed by atoms with Crippen LogP contribution in [-0.2, 0) is 6.54 Å². The van der Waals surface area contributed by atoms with Crippen LogP contribution in [0.4, 0.5) is 11.9 Å². The summed E-state index contributed by atoms with van der Waals surface area (Å²) < 4.78 is 1.65. The van der Waals surface area contributed by atoms with Crippen molar-refractivity contribution >= 4 is 28.9 Å². The van der Waals surface area contributed by atoms with Gasteiger partial charge in [-0.3, -0.25) is 0 Å². The molecule has 174 valence electrons. The van der Waals surface area contributed by atoms with Crippen molar-refractivity contribution in [1.29, 1.82) is 0 Å². The van der Waals surface area contributed by atoms with E-state index in [1.807, 2.05) is 6.07 Å². The minimum Gasteiger partial charge on any atom is -0.394 e. The molecule has 0 amide bonds. The van der Waals surface area contributed by atoms with Crippen LogP contribution >= 0.6 is 11.3 Å². The number of aliphatic hydroxyl groups excluding tert-OH is 3. The fourth-order valence-corrected chi connectivity index (χ4v) is 4.18. The third-order valence-corrected chi connectivity index (χ3v) is 6.31. The van der Waals surface area contributed by atoms with Gasteiger partial charge >= 0.3 is 0 Å². The molecule has 10 heteroatoms. The van der Waals surface area contributed by atoms with Crippen LogP contribution in [0.25, 0.3) is 16.1 Å². The standard InChI is InChI=1S/C23H28N6O3S/c1-14(2)17-11-25-29-21(17)27-22(26-18(12-30)19(32)13-31)28-23(29)24-10-15-5-7-16(8-6-15)20-4-3-9-33-20/h3-9,11,14,18-19,30-32H,10,12-13H2,1-2H3,(H2,24,26,27,28)/t18-,19+/m0/s1. The van der Waals surface area contributed by atoms with Crippen LogP contribution in [-0.4, -0.2) is 60.3 Å². The van der Waals surface area contributed by atoms with Crippen LogP contribution in [0.3, 0.4) is 0 Å². The van der Waals surface area contributed by atoms with E-state index in [0.717, 1.165) is 11.1 Å². The normalized spacial score (nSPS) is 13.4. The van der Waals surface area contributed by atoms with Crippen molar-refractivity contribution < 1.29 is 15.3 Å². The van der Waals surface area contributed by atoms with Crippen LogP contribution < -0.4 is 10.6 Å². The van der Waals surface area contributed by atoms with E-state index in [-0.39, 0.29) is 18.5 Å². The molecule has 33 heavy (non-hydrogen) atoms. The molecule has 0 saturated heterocycles. The minimum absolute atomic E-state index is 0.194. The van der Waals surface area contributed by atoms with Crippen molar-refractivity contribution in [1.82, 2.24) is 19.6 Å². The summed E-state index contributed by atoms with van der Waals surface area (Å²) in [6.07, 6.45) is 0.619. The lowest BCUT2D eigenvalue weighted by atomic mass is 10.1. The van der Waals surface area contributed by atoms with Crippen LogP contribution in [0.1, 0.15) is 30.9 Å². The van der Waals surface area contributed by atoms with Crippen molar-refractivity contribution in [2.45, 2.75) is 38.5 Å². The molecule has 4 aromatic rings. The average Bonchev–Trinajstić information content (AvgIpc) is 3.51. The number of rotatable bonds is 10. The van der Waals surface area contributed by atoms with Crippen molar-refractivity contribution in [3.05, 3.63) is 59.1 Å². The Morgan fingerprint density at radius 1 is 1.06 bits per heavy atom. The smallest absolute Gasteiger partial charge is 0.229 e. The molecule has 0 unspecified atom stereocenters. The zero-order chi connectivity index (χ0) is 23.4. The summed E-state index contributed by atoms with van der Waals surface area (Å²) in [7, 11) is 0. The number of hydrogen-bond donors (Lipinski definition) is 5. The molecule has 3 aromatic heterocycles. The first-order chi connectivity index (χ1) is 16.0. The lowest BCUT2D eigenvalue weighted by Crippen LogP contribution is -2.39. The molecular formula is C23H28N6O3S. The van der Waals surface area contributed by atoms with Gasteiger partial charge in [0.1, 0.15) is 0 Å². The highest BCUT2D eigenvalue weighted by molar-refractivity contribution is 7.13. The van der Waals surface area contributed by atoms with Crippen molar-refractivity contribution in [3.8, 4) is 10.4 Å². The molecule has 0 saturated carbocycles. The van der Waals surface area contributed by atoms with Gasteiger partial charge < -0.3 is 26.0 Å². The van der Waals surface area contributed by atoms with Crippen LogP contribution in [0, 0.1) is 0 Å². The van der Waals surface area contributed by atoms with Crippen molar-refractivity contribution in [2.75, 3.05) is 23.8 Å². The summed E-state index contributed by atoms with van der Waals surface area (Å²) in [5.41, 5.74) is 3.84. The summed E-state index contributed by atoms with van der Waals surface area (Å²) in [5.74, 6) is 0.901. The van der Waals surface area contributed by atoms with Gasteiger partial charge in [-0.2, -0.15) is 19.6 Å². The Balaban J connectivity index is 1.60. The summed E-state index contributed by atoms with van der Waals surface area (Å²) in [6, 6.07) is 11.7. The van der Waals surface area contributed by atoms with Crippen molar-refractivity contribution in [3.63, 3.8) is 0 Å². The molecule has 1 aromatic carbocycles. The Bertz CT molecular complexity index is 1180. The zero-order valence-corrected chi connectivity index (χ0v) is 19.3. The van der Waals surface area contributed by atoms with Crippen LogP contribution in [0.15, 0.2) is 48.0 Å². The molecule has 0 radical (unpaired) electrons. The maximum absolute atomic E-state index is 9.95. The van der Waals surface area contributed by atoms with E-state index in [1.54, 1.807) is 22.0 Å². The van der Waals surface area contributed by atoms with Gasteiger partial charge in [0.25, 0.3) is 0 Å². The van der Waals surface area contributed by atoms with Crippen LogP contribution in [0.5, 0.6) is 0 Å². The first-order valence-corrected chi connectivity index (χ1v) is 11.7. The lowest BCUT2D eigenvalue weighted by Gasteiger charge is -2.21. The summed E-state index contributed by atoms with van der Waals surface area (Å²) in [6.45, 7) is 3.76. The SMILES string of the molecule is CC(C)c1cnn2c(NCc3ccc(-c4cccs4)cc3)nc(N[C@@H](CO)[C@H](O)CO)nc12. The number of benzene rings is 1. The Morgan fingerprint density at radius 2 is 1.85 bits per heavy atom. The number of hydrogen-bond acceptors (Lipinski definition) is 9. The molecule has 2 atom stereocenters. The topological polar surface area (TPSA) is 128 Å². The monoisotopic (exact) mass is 468 g/mol. The molecule has 3 heterocycles. The predicted octanol–water partition coefficient (Wildman–Crippen LogP) is 2.71. The van der Waals surface area contributed by atoms with E-state index >= 15 is 0 Å². The number of nitrogens with one attached hydrogen (secondary N) is 2. The predicted molar refractivity (Wildman–Crippen MR) is 130 cm³/mol. The Labute approximate surface area is 195 Å². The number of fused-ring (bicyclic) bond motifs is 1. The summed E-state index contributed by atoms with van der Waals surface area (Å²) in [5, 5.41) is 41.6. The van der Waals surface area contributed by atoms with Gasteiger partial charge in [-0.25, -0.2) is 0 Å². The number of nitrogens with zero attached hydrogens (tertiary/aromatic N) is 4. The van der Waals surface area contributed by atoms with Gasteiger partial charge in [0, 0.05) is 17.0 Å². The highest BCUT2D eigenvalue weighted by atomic mass is 32.1. The second-order valence-electron chi connectivity index (χ2n) is 8.07. The van der Waals surface area contributed by atoms with E-state index in [2.05, 4.69) is 75.3 Å². The highest BCUT2D eigenvalue weighted by Crippen LogP contribution is 2.25. The largest absolute Gasteiger partial charge is 0.394 e. The molecule has 0 aliphatic carbocycles. The van der Waals surface area contributed by atoms with E-state index in [1.165, 1.54) is 10.4 Å². The number of aliphatic hydroxyl groups is 3. The maximum Gasteiger partial charge on any atom is 0.229 e. The number of anilines is 2. The molecule has 0 bridgehead atoms. The van der Waals surface area contributed by atoms with Gasteiger partial charge in [-0.05, 0) is 28.5 Å². The quantitative estimate of drug-likeness (QED) is 0.240. The number of thiophene rings is 1. The van der Waals surface area contributed by atoms with E-state index < -0.39 is 18.8 Å². The van der Waals surface area contributed by atoms with E-state index in [9.17, 15) is 15.3 Å². The number of aromatic nitrogens is 4. The van der Waals surface area contributed by atoms with E-state index in [0.29, 0.717) is 18.1 Å². The third-order valence-electron chi connectivity index (χ3n) is 5.39. The Hall–Kier alpha value is -3.05. The van der Waals surface area contributed by atoms with Crippen LogP contribution in [0.2, 0.25) is 0 Å². The minimum atomic E-state index is -1.15. The molecule has 0 fully saturated rings. The molecule has 9 nitrogen and oxygen atoms in total. The molecular weight excluding hydrogens is 440 g/mol. The fraction of sp³-hybridized carbons (Fsp3) is 0.348. The average molecular weight is 469 g/mol. The maximum atomic E-state index is 9.95. The van der Waals surface area contributed by atoms with Gasteiger partial charge in [0.2, 0.25) is 11.9 Å². The van der Waals surface area contributed by atoms with Crippen molar-refractivity contribution in [2.24, 2.45) is 0 Å². The Kier molecular flexibility index (Phi) is 7.19. The zero-order valence-electron chi connectivity index (χ0n) is 18.5. The van der Waals surface area contributed by atoms with Gasteiger partial charge in [-0.1, -0.05) is 44.2 Å². The first kappa shape index (κ1) is 23.1. The molecule has 0 spiro atoms. The highest BCUT2D eigenvalue weighted by Gasteiger charge is 2.21. The summed E-state index contributed by atoms with van der Waals surface area (Å²) >= 11 is 1.71. The van der Waals surface area contributed by atoms with Gasteiger partial charge in [0.05, 0.1) is 31.6 Å². The second kappa shape index (κ2) is 10.3. The fourth-order valence-electron chi connectivity index (χ4n) is 3.45. The molecule has 0 aliphatic rings.